The number of imide groups is 2. The van der Waals surface area contributed by atoms with E-state index in [0.717, 1.165) is 29.1 Å². The van der Waals surface area contributed by atoms with Crippen LogP contribution in [0.1, 0.15) is 125 Å². The molecule has 1 aliphatic rings. The third kappa shape index (κ3) is 25.2. The van der Waals surface area contributed by atoms with Gasteiger partial charge in [-0.3, -0.25) is 62.5 Å². The Bertz CT molecular complexity index is 2910. The monoisotopic (exact) mass is 1360 g/mol. The molecule has 0 saturated carbocycles. The molecule has 10 atom stereocenters. The van der Waals surface area contributed by atoms with Gasteiger partial charge in [-0.15, -0.1) is 0 Å². The van der Waals surface area contributed by atoms with Crippen LogP contribution < -0.4 is 21.7 Å². The van der Waals surface area contributed by atoms with Gasteiger partial charge in [-0.2, -0.15) is 0 Å². The van der Waals surface area contributed by atoms with Crippen molar-refractivity contribution in [1.82, 2.24) is 60.0 Å². The van der Waals surface area contributed by atoms with Gasteiger partial charge in [-0.1, -0.05) is 116 Å². The molecule has 1 fully saturated rings. The number of amides is 13. The number of hydrogen-bond acceptors (Lipinski definition) is 16. The first-order chi connectivity index (χ1) is 45.6. The van der Waals surface area contributed by atoms with E-state index in [1.165, 1.54) is 75.7 Å². The molecule has 3 rings (SSSR count). The van der Waals surface area contributed by atoms with Crippen molar-refractivity contribution in [3.05, 3.63) is 71.8 Å². The molecule has 0 spiro atoms. The molecule has 1 saturated heterocycles. The highest BCUT2D eigenvalue weighted by Gasteiger charge is 2.44. The minimum absolute atomic E-state index is 0.0444. The molecule has 1 unspecified atom stereocenters. The van der Waals surface area contributed by atoms with Crippen LogP contribution in [-0.4, -0.2) is 277 Å². The number of carbonyl (C=O) groups is 12. The summed E-state index contributed by atoms with van der Waals surface area (Å²) in [6.45, 7) is 16.7. The summed E-state index contributed by atoms with van der Waals surface area (Å²) in [5.41, 5.74) is 7.50. The minimum Gasteiger partial charge on any atom is -0.391 e. The Labute approximate surface area is 574 Å². The molecule has 0 aromatic heterocycles. The normalized spacial score (nSPS) is 15.5. The zero-order chi connectivity index (χ0) is 73.1. The van der Waals surface area contributed by atoms with Gasteiger partial charge in [0.2, 0.25) is 59.6 Å². The van der Waals surface area contributed by atoms with Gasteiger partial charge in [0, 0.05) is 81.3 Å². The molecule has 0 radical (unpaired) electrons. The number of rotatable bonds is 38. The molecule has 27 heteroatoms. The first-order valence-electron chi connectivity index (χ1n) is 33.9. The summed E-state index contributed by atoms with van der Waals surface area (Å²) < 4.78 is 5.96. The predicted molar refractivity (Wildman–Crippen MR) is 368 cm³/mol. The summed E-state index contributed by atoms with van der Waals surface area (Å²) in [5, 5.41) is 19.3. The number of aliphatic hydroxyl groups excluding tert-OH is 1. The number of urea groups is 1. The lowest BCUT2D eigenvalue weighted by molar-refractivity contribution is -0.151. The fourth-order valence-corrected chi connectivity index (χ4v) is 11.3. The SMILES string of the molecule is CCCCN(C(=O)C(NC(=O)[C@H](CC(C)C)N(C)C(=O)[C@H](Cc1ccccc1)N(C)C(=O)[C@H](CC(C)C)NC(=O)[C@H](Cc1ccccc1)N(C)C(=O)[C@H](CC(C)C)N(C)C(=O)[C@H](COCCN(C)C)NC(=O)[C@H](C)N(C)C(=O)[C@H](N)C(=O)N1CCCCC1)[C@@H](C)O)C(=O)N(C)C=O. The van der Waals surface area contributed by atoms with Crippen LogP contribution in [0.3, 0.4) is 0 Å². The summed E-state index contributed by atoms with van der Waals surface area (Å²) in [4.78, 5) is 182. The molecular formula is C70H113N13O14. The third-order valence-electron chi connectivity index (χ3n) is 17.5. The quantitative estimate of drug-likeness (QED) is 0.0366. The zero-order valence-corrected chi connectivity index (χ0v) is 60.5. The van der Waals surface area contributed by atoms with E-state index in [1.54, 1.807) is 65.6 Å². The number of nitrogens with two attached hydrogens (primary N) is 1. The molecule has 2 aromatic rings. The number of piperidine rings is 1. The van der Waals surface area contributed by atoms with Crippen LogP contribution in [0, 0.1) is 17.8 Å². The highest BCUT2D eigenvalue weighted by atomic mass is 16.5. The van der Waals surface area contributed by atoms with Crippen LogP contribution in [0.2, 0.25) is 0 Å². The maximum absolute atomic E-state index is 15.4. The van der Waals surface area contributed by atoms with E-state index < -0.39 is 126 Å². The summed E-state index contributed by atoms with van der Waals surface area (Å²) in [6.07, 6.45) is 2.19. The summed E-state index contributed by atoms with van der Waals surface area (Å²) in [7, 11) is 11.9. The zero-order valence-electron chi connectivity index (χ0n) is 60.5. The average molecular weight is 1360 g/mol. The molecule has 542 valence electrons. The second kappa shape index (κ2) is 40.7. The Balaban J connectivity index is 2.10. The van der Waals surface area contributed by atoms with Gasteiger partial charge in [-0.05, 0) is 102 Å². The van der Waals surface area contributed by atoms with Crippen molar-refractivity contribution in [3.63, 3.8) is 0 Å². The summed E-state index contributed by atoms with van der Waals surface area (Å²) >= 11 is 0. The largest absolute Gasteiger partial charge is 0.391 e. The lowest BCUT2D eigenvalue weighted by Crippen LogP contribution is -2.62. The van der Waals surface area contributed by atoms with Crippen molar-refractivity contribution >= 4 is 71.5 Å². The highest BCUT2D eigenvalue weighted by molar-refractivity contribution is 6.06. The Morgan fingerprint density at radius 1 is 0.546 bits per heavy atom. The molecular weight excluding hydrogens is 1250 g/mol. The van der Waals surface area contributed by atoms with Crippen LogP contribution in [0.15, 0.2) is 60.7 Å². The van der Waals surface area contributed by atoms with Crippen LogP contribution in [0.25, 0.3) is 0 Å². The van der Waals surface area contributed by atoms with Gasteiger partial charge in [0.1, 0.15) is 48.3 Å². The number of likely N-dealkylation sites (tertiary alicyclic amines) is 1. The maximum atomic E-state index is 15.4. The molecule has 1 heterocycles. The minimum atomic E-state index is -1.69. The lowest BCUT2D eigenvalue weighted by atomic mass is 9.96. The molecule has 2 aromatic carbocycles. The number of nitrogens with one attached hydrogen (secondary N) is 3. The van der Waals surface area contributed by atoms with E-state index >= 15 is 19.2 Å². The predicted octanol–water partition coefficient (Wildman–Crippen LogP) is 2.36. The second-order valence-electron chi connectivity index (χ2n) is 27.2. The lowest BCUT2D eigenvalue weighted by Gasteiger charge is -2.38. The fraction of sp³-hybridized carbons (Fsp3) is 0.657. The number of carbonyl (C=O) groups excluding carboxylic acids is 12. The fourth-order valence-electron chi connectivity index (χ4n) is 11.3. The van der Waals surface area contributed by atoms with Gasteiger partial charge in [-0.25, -0.2) is 4.79 Å². The molecule has 0 bridgehead atoms. The van der Waals surface area contributed by atoms with Crippen LogP contribution in [0.4, 0.5) is 4.79 Å². The van der Waals surface area contributed by atoms with Gasteiger partial charge in [0.05, 0.1) is 19.3 Å². The number of unbranched alkanes of at least 4 members (excludes halogenated alkanes) is 1. The van der Waals surface area contributed by atoms with Gasteiger partial charge in [0.25, 0.3) is 5.91 Å². The van der Waals surface area contributed by atoms with Gasteiger partial charge in [0.15, 0.2) is 6.04 Å². The Morgan fingerprint density at radius 2 is 1.01 bits per heavy atom. The van der Waals surface area contributed by atoms with Crippen molar-refractivity contribution < 1.29 is 67.4 Å². The van der Waals surface area contributed by atoms with Crippen molar-refractivity contribution in [1.29, 1.82) is 0 Å². The first kappa shape index (κ1) is 83.3. The number of ether oxygens (including phenoxy) is 1. The molecule has 1 aliphatic heterocycles. The summed E-state index contributed by atoms with van der Waals surface area (Å²) in [6, 6.07) is 4.42. The summed E-state index contributed by atoms with van der Waals surface area (Å²) in [5.74, 6) is -8.07. The van der Waals surface area contributed by atoms with Crippen LogP contribution >= 0.6 is 0 Å². The van der Waals surface area contributed by atoms with Crippen molar-refractivity contribution in [2.24, 2.45) is 23.5 Å². The van der Waals surface area contributed by atoms with Crippen molar-refractivity contribution in [3.8, 4) is 0 Å². The van der Waals surface area contributed by atoms with Crippen LogP contribution in [0.5, 0.6) is 0 Å². The number of hydrogen-bond donors (Lipinski definition) is 5. The van der Waals surface area contributed by atoms with Gasteiger partial charge >= 0.3 is 6.03 Å². The average Bonchev–Trinajstić information content (AvgIpc) is 0.824. The maximum Gasteiger partial charge on any atom is 0.332 e. The third-order valence-corrected chi connectivity index (χ3v) is 17.5. The first-order valence-corrected chi connectivity index (χ1v) is 33.9. The number of likely N-dealkylation sites (N-methyl/N-ethyl adjacent to an activating group) is 6. The smallest absolute Gasteiger partial charge is 0.332 e. The van der Waals surface area contributed by atoms with E-state index in [9.17, 15) is 43.5 Å². The van der Waals surface area contributed by atoms with Crippen LogP contribution in [-0.2, 0) is 70.3 Å². The Kier molecular flexibility index (Phi) is 35.0. The second-order valence-corrected chi connectivity index (χ2v) is 27.2. The molecule has 6 N–H and O–H groups in total. The molecule has 0 aliphatic carbocycles. The van der Waals surface area contributed by atoms with E-state index in [-0.39, 0.29) is 76.0 Å². The molecule has 13 amide bonds. The standard InChI is InChI=1S/C70H113N13O14/c1-18-19-35-83(70(96)76(12)44-84)69(95)59(49(9)85)74-62(88)54(39-46(4)5)78(14)66(92)57(42-51-31-25-21-26-32-51)81(17)63(89)52(38-45(2)3)72-61(87)55(41-50-29-23-20-24-30-50)79(15)65(91)56(40-47(6)7)80(16)64(90)53(43-97-37-36-75(10)11)73-60(86)48(8)77(13)67(93)58(71)68(94)82-33-27-22-28-34-82/h20-21,23-26,29-32,44-49,52-59,85H,18-19,22,27-28,33-43,71H2,1-17H3,(H,72,87)(H,73,86)(H,74,88)/t48-,49+,52-,53-,54-,55-,56-,57-,58-,59?/m0/s1. The van der Waals surface area contributed by atoms with E-state index in [2.05, 4.69) is 16.0 Å². The topological polar surface area (TPSA) is 326 Å². The molecule has 27 nitrogen and oxygen atoms in total. The van der Waals surface area contributed by atoms with Crippen molar-refractivity contribution in [2.45, 2.75) is 187 Å². The van der Waals surface area contributed by atoms with Gasteiger partial charge < -0.3 is 65.8 Å². The highest BCUT2D eigenvalue weighted by Crippen LogP contribution is 2.23. The van der Waals surface area contributed by atoms with E-state index in [0.29, 0.717) is 48.5 Å². The Hall–Kier alpha value is -7.88. The van der Waals surface area contributed by atoms with Crippen molar-refractivity contribution in [2.75, 3.05) is 95.8 Å². The molecule has 97 heavy (non-hydrogen) atoms. The van der Waals surface area contributed by atoms with E-state index in [4.69, 9.17) is 10.5 Å². The number of benzene rings is 2. The Morgan fingerprint density at radius 3 is 1.52 bits per heavy atom. The number of nitrogens with zero attached hydrogens (tertiary/aromatic N) is 9. The number of aliphatic hydroxyl groups is 1. The van der Waals surface area contributed by atoms with E-state index in [1.807, 2.05) is 67.5 Å².